The van der Waals surface area contributed by atoms with Crippen molar-refractivity contribution in [1.29, 1.82) is 0 Å². The van der Waals surface area contributed by atoms with Crippen LogP contribution in [0.1, 0.15) is 29.5 Å². The van der Waals surface area contributed by atoms with Gasteiger partial charge in [0.15, 0.2) is 0 Å². The lowest BCUT2D eigenvalue weighted by Crippen LogP contribution is -2.43. The van der Waals surface area contributed by atoms with E-state index in [9.17, 15) is 9.18 Å². The van der Waals surface area contributed by atoms with Gasteiger partial charge in [-0.1, -0.05) is 23.5 Å². The number of amides is 1. The number of hydrogen-bond donors (Lipinski definition) is 4. The molecule has 7 nitrogen and oxygen atoms in total. The van der Waals surface area contributed by atoms with E-state index in [-0.39, 0.29) is 23.8 Å². The number of hydrogen-bond acceptors (Lipinski definition) is 7. The molecule has 128 valence electrons. The van der Waals surface area contributed by atoms with Gasteiger partial charge in [-0.25, -0.2) is 15.2 Å². The number of carbonyl (C=O) groups excluding carboxylic acids is 1. The third kappa shape index (κ3) is 4.25. The van der Waals surface area contributed by atoms with Gasteiger partial charge in [0.1, 0.15) is 16.9 Å². The Bertz CT molecular complexity index is 692. The minimum atomic E-state index is -0.308. The first kappa shape index (κ1) is 16.7. The Morgan fingerprint density at radius 3 is 2.83 bits per heavy atom. The number of halogens is 1. The molecule has 1 amide bonds. The van der Waals surface area contributed by atoms with E-state index in [0.717, 1.165) is 23.4 Å². The van der Waals surface area contributed by atoms with Gasteiger partial charge in [-0.3, -0.25) is 4.79 Å². The maximum Gasteiger partial charge on any atom is 0.238 e. The molecule has 1 aromatic heterocycles. The smallest absolute Gasteiger partial charge is 0.238 e. The summed E-state index contributed by atoms with van der Waals surface area (Å²) >= 11 is 1.36. The molecule has 0 radical (unpaired) electrons. The van der Waals surface area contributed by atoms with E-state index >= 15 is 0 Å². The van der Waals surface area contributed by atoms with Crippen LogP contribution in [0.4, 0.5) is 9.52 Å². The van der Waals surface area contributed by atoms with E-state index in [1.54, 1.807) is 12.1 Å². The van der Waals surface area contributed by atoms with Crippen LogP contribution >= 0.6 is 11.3 Å². The highest BCUT2D eigenvalue weighted by Crippen LogP contribution is 2.22. The molecule has 0 aliphatic carbocycles. The van der Waals surface area contributed by atoms with Crippen LogP contribution in [0.2, 0.25) is 0 Å². The van der Waals surface area contributed by atoms with Crippen molar-refractivity contribution >= 4 is 22.4 Å². The van der Waals surface area contributed by atoms with Crippen molar-refractivity contribution in [3.8, 4) is 0 Å². The number of benzene rings is 1. The van der Waals surface area contributed by atoms with Gasteiger partial charge in [0.2, 0.25) is 11.0 Å². The maximum absolute atomic E-state index is 13.0. The average molecular weight is 350 g/mol. The summed E-state index contributed by atoms with van der Waals surface area (Å²) in [6.45, 7) is 0.567. The zero-order valence-electron chi connectivity index (χ0n) is 13.0. The van der Waals surface area contributed by atoms with Gasteiger partial charge >= 0.3 is 0 Å². The predicted molar refractivity (Wildman–Crippen MR) is 89.5 cm³/mol. The highest BCUT2D eigenvalue weighted by Gasteiger charge is 2.29. The van der Waals surface area contributed by atoms with E-state index in [0.29, 0.717) is 18.1 Å². The highest BCUT2D eigenvalue weighted by molar-refractivity contribution is 7.15. The van der Waals surface area contributed by atoms with E-state index in [1.807, 2.05) is 0 Å². The summed E-state index contributed by atoms with van der Waals surface area (Å²) in [5, 5.41) is 11.9. The number of aryl methyl sites for hydroxylation is 1. The lowest BCUT2D eigenvalue weighted by molar-refractivity contribution is -0.122. The molecular weight excluding hydrogens is 331 g/mol. The molecule has 9 heteroatoms. The van der Waals surface area contributed by atoms with Gasteiger partial charge in [0, 0.05) is 19.0 Å². The van der Waals surface area contributed by atoms with E-state index in [4.69, 9.17) is 5.73 Å². The number of hydrazine groups is 1. The topological polar surface area (TPSA) is 105 Å². The average Bonchev–Trinajstić information content (AvgIpc) is 3.21. The zero-order valence-corrected chi connectivity index (χ0v) is 13.8. The largest absolute Gasteiger partial charge is 0.374 e. The molecular formula is C15H19FN6OS. The summed E-state index contributed by atoms with van der Waals surface area (Å²) in [7, 11) is 0. The Balaban J connectivity index is 1.40. The Labute approximate surface area is 142 Å². The number of rotatable bonds is 6. The minimum Gasteiger partial charge on any atom is -0.374 e. The van der Waals surface area contributed by atoms with Crippen LogP contribution in [0.3, 0.4) is 0 Å². The summed E-state index contributed by atoms with van der Waals surface area (Å²) < 4.78 is 13.0. The van der Waals surface area contributed by atoms with Gasteiger partial charge in [-0.15, -0.1) is 10.2 Å². The van der Waals surface area contributed by atoms with Crippen molar-refractivity contribution in [3.63, 3.8) is 0 Å². The summed E-state index contributed by atoms with van der Waals surface area (Å²) in [6.07, 6.45) is 2.13. The molecule has 2 atom stereocenters. The van der Waals surface area contributed by atoms with Gasteiger partial charge in [-0.2, -0.15) is 0 Å². The van der Waals surface area contributed by atoms with Crippen LogP contribution in [0, 0.1) is 5.82 Å². The molecule has 5 N–H and O–H groups in total. The first-order chi connectivity index (χ1) is 11.6. The highest BCUT2D eigenvalue weighted by atomic mass is 32.1. The van der Waals surface area contributed by atoms with Crippen molar-refractivity contribution in [2.75, 3.05) is 12.3 Å². The Morgan fingerprint density at radius 2 is 2.12 bits per heavy atom. The molecule has 1 aromatic carbocycles. The second kappa shape index (κ2) is 7.65. The molecule has 0 bridgehead atoms. The molecule has 2 aromatic rings. The molecule has 1 aliphatic rings. The minimum absolute atomic E-state index is 0.00859. The third-order valence-electron chi connectivity index (χ3n) is 3.84. The van der Waals surface area contributed by atoms with Crippen molar-refractivity contribution < 1.29 is 9.18 Å². The van der Waals surface area contributed by atoms with Gasteiger partial charge in [-0.05, 0) is 30.5 Å². The summed E-state index contributed by atoms with van der Waals surface area (Å²) in [5.74, 6) is -0.319. The normalized spacial score (nSPS) is 20.2. The number of nitrogens with two attached hydrogens (primary N) is 1. The second-order valence-corrected chi connectivity index (χ2v) is 6.70. The number of nitrogens with zero attached hydrogens (tertiary/aromatic N) is 2. The molecule has 1 saturated heterocycles. The van der Waals surface area contributed by atoms with Gasteiger partial charge in [0.25, 0.3) is 0 Å². The number of anilines is 1. The van der Waals surface area contributed by atoms with Crippen LogP contribution in [0.5, 0.6) is 0 Å². The standard InChI is InChI=1S/C15H19FN6OS/c16-10-5-3-9(4-6-10)11-8-12(20-19-11)14(23)18-7-1-2-13-21-22-15(17)24-13/h3-6,11-12,19-20H,1-2,7-8H2,(H2,17,22)(H,18,23). The van der Waals surface area contributed by atoms with Crippen LogP contribution in [-0.2, 0) is 11.2 Å². The van der Waals surface area contributed by atoms with Gasteiger partial charge in [0.05, 0.1) is 0 Å². The lowest BCUT2D eigenvalue weighted by Gasteiger charge is -2.10. The Kier molecular flexibility index (Phi) is 5.34. The first-order valence-electron chi connectivity index (χ1n) is 7.74. The van der Waals surface area contributed by atoms with Crippen molar-refractivity contribution in [2.24, 2.45) is 0 Å². The number of aromatic nitrogens is 2. The maximum atomic E-state index is 13.0. The SMILES string of the molecule is Nc1nnc(CCCNC(=O)C2CC(c3ccc(F)cc3)NN2)s1. The summed E-state index contributed by atoms with van der Waals surface area (Å²) in [4.78, 5) is 12.2. The Morgan fingerprint density at radius 1 is 1.33 bits per heavy atom. The van der Waals surface area contributed by atoms with Crippen molar-refractivity contribution in [1.82, 2.24) is 26.4 Å². The van der Waals surface area contributed by atoms with Crippen LogP contribution < -0.4 is 21.9 Å². The number of nitrogen functional groups attached to an aromatic ring is 1. The van der Waals surface area contributed by atoms with Crippen LogP contribution in [0.15, 0.2) is 24.3 Å². The molecule has 1 fully saturated rings. The van der Waals surface area contributed by atoms with E-state index < -0.39 is 0 Å². The van der Waals surface area contributed by atoms with Crippen molar-refractivity contribution in [2.45, 2.75) is 31.3 Å². The fourth-order valence-electron chi connectivity index (χ4n) is 2.58. The van der Waals surface area contributed by atoms with Crippen LogP contribution in [-0.4, -0.2) is 28.7 Å². The molecule has 2 heterocycles. The van der Waals surface area contributed by atoms with Crippen molar-refractivity contribution in [3.05, 3.63) is 40.7 Å². The lowest BCUT2D eigenvalue weighted by atomic mass is 10.0. The molecule has 24 heavy (non-hydrogen) atoms. The summed E-state index contributed by atoms with van der Waals surface area (Å²) in [5.41, 5.74) is 12.5. The molecule has 1 aliphatic heterocycles. The second-order valence-electron chi connectivity index (χ2n) is 5.61. The van der Waals surface area contributed by atoms with E-state index in [2.05, 4.69) is 26.4 Å². The summed E-state index contributed by atoms with van der Waals surface area (Å²) in [6, 6.07) is 5.98. The Hall–Kier alpha value is -2.10. The van der Waals surface area contributed by atoms with Crippen LogP contribution in [0.25, 0.3) is 0 Å². The fraction of sp³-hybridized carbons (Fsp3) is 0.400. The first-order valence-corrected chi connectivity index (χ1v) is 8.55. The monoisotopic (exact) mass is 350 g/mol. The molecule has 0 saturated carbocycles. The van der Waals surface area contributed by atoms with E-state index in [1.165, 1.54) is 23.5 Å². The fourth-order valence-corrected chi connectivity index (χ4v) is 3.23. The zero-order chi connectivity index (χ0) is 16.9. The third-order valence-corrected chi connectivity index (χ3v) is 4.65. The predicted octanol–water partition coefficient (Wildman–Crippen LogP) is 0.916. The van der Waals surface area contributed by atoms with Gasteiger partial charge < -0.3 is 11.1 Å². The molecule has 0 spiro atoms. The number of carbonyl (C=O) groups is 1. The number of nitrogens with one attached hydrogen (secondary N) is 3. The quantitative estimate of drug-likeness (QED) is 0.578. The molecule has 3 rings (SSSR count). The molecule has 2 unspecified atom stereocenters.